The fourth-order valence-corrected chi connectivity index (χ4v) is 3.55. The van der Waals surface area contributed by atoms with Gasteiger partial charge in [0.25, 0.3) is 10.0 Å². The van der Waals surface area contributed by atoms with Crippen LogP contribution in [0.25, 0.3) is 0 Å². The first-order chi connectivity index (χ1) is 12.8. The summed E-state index contributed by atoms with van der Waals surface area (Å²) in [4.78, 5) is 27.6. The van der Waals surface area contributed by atoms with Crippen LogP contribution in [0.2, 0.25) is 0 Å². The molecule has 0 aliphatic carbocycles. The summed E-state index contributed by atoms with van der Waals surface area (Å²) in [5.41, 5.74) is 2.33. The molecule has 0 saturated carbocycles. The van der Waals surface area contributed by atoms with E-state index < -0.39 is 16.1 Å². The Morgan fingerprint density at radius 1 is 1.11 bits per heavy atom. The lowest BCUT2D eigenvalue weighted by atomic mass is 10.2. The third kappa shape index (κ3) is 6.37. The predicted octanol–water partition coefficient (Wildman–Crippen LogP) is 1.39. The Labute approximate surface area is 158 Å². The zero-order chi connectivity index (χ0) is 19.9. The standard InChI is InChI=1S/C18H22N4O4S/c1-13-5-6-16(14(2)10-13)27(25,26)22-18(24)20-9-7-17(23)21-12-15-4-3-8-19-11-15/h3-6,8,10-11H,7,9,12H2,1-2H3,(H,21,23)(H2,20,22,24). The number of nitrogens with zero attached hydrogens (tertiary/aromatic N) is 1. The third-order valence-electron chi connectivity index (χ3n) is 3.70. The van der Waals surface area contributed by atoms with Crippen molar-refractivity contribution in [2.24, 2.45) is 0 Å². The van der Waals surface area contributed by atoms with Crippen molar-refractivity contribution < 1.29 is 18.0 Å². The molecule has 1 heterocycles. The lowest BCUT2D eigenvalue weighted by molar-refractivity contribution is -0.121. The molecule has 1 aromatic heterocycles. The number of carbonyl (C=O) groups is 2. The maximum Gasteiger partial charge on any atom is 0.328 e. The van der Waals surface area contributed by atoms with Gasteiger partial charge in [0.2, 0.25) is 5.91 Å². The Kier molecular flexibility index (Phi) is 6.89. The van der Waals surface area contributed by atoms with Crippen LogP contribution in [0.15, 0.2) is 47.6 Å². The number of hydrogen-bond donors (Lipinski definition) is 3. The second-order valence-corrected chi connectivity index (χ2v) is 7.67. The number of nitrogens with one attached hydrogen (secondary N) is 3. The lowest BCUT2D eigenvalue weighted by Crippen LogP contribution is -2.41. The summed E-state index contributed by atoms with van der Waals surface area (Å²) in [5.74, 6) is -0.267. The molecule has 3 amide bonds. The zero-order valence-corrected chi connectivity index (χ0v) is 16.0. The summed E-state index contributed by atoms with van der Waals surface area (Å²) >= 11 is 0. The Hall–Kier alpha value is -2.94. The maximum atomic E-state index is 12.3. The summed E-state index contributed by atoms with van der Waals surface area (Å²) in [6.07, 6.45) is 3.31. The zero-order valence-electron chi connectivity index (χ0n) is 15.2. The van der Waals surface area contributed by atoms with E-state index in [0.29, 0.717) is 12.1 Å². The second kappa shape index (κ2) is 9.13. The van der Waals surface area contributed by atoms with Crippen molar-refractivity contribution in [1.29, 1.82) is 0 Å². The summed E-state index contributed by atoms with van der Waals surface area (Å²) in [7, 11) is -3.97. The molecule has 27 heavy (non-hydrogen) atoms. The molecule has 144 valence electrons. The highest BCUT2D eigenvalue weighted by atomic mass is 32.2. The van der Waals surface area contributed by atoms with E-state index in [1.165, 1.54) is 6.07 Å². The molecule has 2 aromatic rings. The molecular weight excluding hydrogens is 368 g/mol. The predicted molar refractivity (Wildman–Crippen MR) is 100 cm³/mol. The van der Waals surface area contributed by atoms with Gasteiger partial charge in [-0.05, 0) is 37.1 Å². The quantitative estimate of drug-likeness (QED) is 0.660. The molecule has 8 nitrogen and oxygen atoms in total. The molecule has 0 saturated heterocycles. The van der Waals surface area contributed by atoms with Gasteiger partial charge in [-0.3, -0.25) is 9.78 Å². The molecular formula is C18H22N4O4S. The van der Waals surface area contributed by atoms with Crippen molar-refractivity contribution in [3.05, 3.63) is 59.4 Å². The Morgan fingerprint density at radius 3 is 2.56 bits per heavy atom. The molecule has 0 aliphatic rings. The minimum atomic E-state index is -3.97. The number of hydrogen-bond acceptors (Lipinski definition) is 5. The van der Waals surface area contributed by atoms with E-state index in [-0.39, 0.29) is 23.8 Å². The minimum Gasteiger partial charge on any atom is -0.352 e. The smallest absolute Gasteiger partial charge is 0.328 e. The summed E-state index contributed by atoms with van der Waals surface area (Å²) < 4.78 is 26.5. The highest BCUT2D eigenvalue weighted by Crippen LogP contribution is 2.16. The van der Waals surface area contributed by atoms with E-state index in [2.05, 4.69) is 15.6 Å². The SMILES string of the molecule is Cc1ccc(S(=O)(=O)NC(=O)NCCC(=O)NCc2cccnc2)c(C)c1. The Balaban J connectivity index is 1.77. The molecule has 2 rings (SSSR count). The summed E-state index contributed by atoms with van der Waals surface area (Å²) in [6.45, 7) is 3.85. The molecule has 0 spiro atoms. The Morgan fingerprint density at radius 2 is 1.89 bits per heavy atom. The summed E-state index contributed by atoms with van der Waals surface area (Å²) in [6, 6.07) is 7.55. The van der Waals surface area contributed by atoms with E-state index in [4.69, 9.17) is 0 Å². The highest BCUT2D eigenvalue weighted by molar-refractivity contribution is 7.90. The van der Waals surface area contributed by atoms with Gasteiger partial charge < -0.3 is 10.6 Å². The van der Waals surface area contributed by atoms with Crippen molar-refractivity contribution in [3.63, 3.8) is 0 Å². The molecule has 0 unspecified atom stereocenters. The maximum absolute atomic E-state index is 12.3. The first-order valence-electron chi connectivity index (χ1n) is 8.31. The van der Waals surface area contributed by atoms with Gasteiger partial charge in [-0.2, -0.15) is 0 Å². The fraction of sp³-hybridized carbons (Fsp3) is 0.278. The number of carbonyl (C=O) groups excluding carboxylic acids is 2. The average molecular weight is 390 g/mol. The van der Waals surface area contributed by atoms with E-state index in [1.54, 1.807) is 37.5 Å². The van der Waals surface area contributed by atoms with Gasteiger partial charge in [0.1, 0.15) is 0 Å². The average Bonchev–Trinajstić information content (AvgIpc) is 2.60. The number of urea groups is 1. The van der Waals surface area contributed by atoms with Gasteiger partial charge in [-0.25, -0.2) is 17.9 Å². The highest BCUT2D eigenvalue weighted by Gasteiger charge is 2.19. The van der Waals surface area contributed by atoms with Crippen LogP contribution in [0.3, 0.4) is 0 Å². The van der Waals surface area contributed by atoms with Crippen molar-refractivity contribution in [2.45, 2.75) is 31.7 Å². The number of aromatic nitrogens is 1. The van der Waals surface area contributed by atoms with Crippen LogP contribution in [-0.4, -0.2) is 31.9 Å². The molecule has 9 heteroatoms. The lowest BCUT2D eigenvalue weighted by Gasteiger charge is -2.11. The fourth-order valence-electron chi connectivity index (χ4n) is 2.40. The van der Waals surface area contributed by atoms with Crippen LogP contribution in [0.5, 0.6) is 0 Å². The van der Waals surface area contributed by atoms with Crippen LogP contribution < -0.4 is 15.4 Å². The van der Waals surface area contributed by atoms with Gasteiger partial charge in [-0.15, -0.1) is 0 Å². The van der Waals surface area contributed by atoms with Crippen LogP contribution in [-0.2, 0) is 21.4 Å². The van der Waals surface area contributed by atoms with Crippen LogP contribution >= 0.6 is 0 Å². The normalized spacial score (nSPS) is 10.9. The van der Waals surface area contributed by atoms with Gasteiger partial charge in [-0.1, -0.05) is 23.8 Å². The van der Waals surface area contributed by atoms with E-state index in [0.717, 1.165) is 11.1 Å². The van der Waals surface area contributed by atoms with Crippen LogP contribution in [0.1, 0.15) is 23.1 Å². The number of pyridine rings is 1. The van der Waals surface area contributed by atoms with Crippen molar-refractivity contribution >= 4 is 22.0 Å². The number of rotatable bonds is 7. The van der Waals surface area contributed by atoms with E-state index in [9.17, 15) is 18.0 Å². The molecule has 0 bridgehead atoms. The van der Waals surface area contributed by atoms with Crippen molar-refractivity contribution in [2.75, 3.05) is 6.54 Å². The van der Waals surface area contributed by atoms with Crippen LogP contribution in [0.4, 0.5) is 4.79 Å². The first kappa shape index (κ1) is 20.4. The van der Waals surface area contributed by atoms with Gasteiger partial charge in [0.15, 0.2) is 0 Å². The topological polar surface area (TPSA) is 117 Å². The molecule has 3 N–H and O–H groups in total. The number of sulfonamides is 1. The number of benzene rings is 1. The van der Waals surface area contributed by atoms with E-state index >= 15 is 0 Å². The molecule has 0 aliphatic heterocycles. The number of aryl methyl sites for hydroxylation is 2. The van der Waals surface area contributed by atoms with Crippen molar-refractivity contribution in [3.8, 4) is 0 Å². The number of amides is 3. The van der Waals surface area contributed by atoms with E-state index in [1.807, 2.05) is 17.7 Å². The largest absolute Gasteiger partial charge is 0.352 e. The molecule has 0 atom stereocenters. The van der Waals surface area contributed by atoms with Gasteiger partial charge in [0.05, 0.1) is 4.90 Å². The van der Waals surface area contributed by atoms with Gasteiger partial charge in [0, 0.05) is 31.9 Å². The van der Waals surface area contributed by atoms with Crippen molar-refractivity contribution in [1.82, 2.24) is 20.3 Å². The molecule has 1 aromatic carbocycles. The van der Waals surface area contributed by atoms with Gasteiger partial charge >= 0.3 is 6.03 Å². The minimum absolute atomic E-state index is 0.00705. The molecule has 0 radical (unpaired) electrons. The van der Waals surface area contributed by atoms with Crippen LogP contribution in [0, 0.1) is 13.8 Å². The summed E-state index contributed by atoms with van der Waals surface area (Å²) in [5, 5.41) is 5.06. The Bertz CT molecular complexity index is 914. The molecule has 0 fully saturated rings. The first-order valence-corrected chi connectivity index (χ1v) is 9.80. The third-order valence-corrected chi connectivity index (χ3v) is 5.19. The monoisotopic (exact) mass is 390 g/mol. The second-order valence-electron chi connectivity index (χ2n) is 6.02.